The zero-order valence-corrected chi connectivity index (χ0v) is 15.1. The van der Waals surface area contributed by atoms with Gasteiger partial charge < -0.3 is 10.6 Å². The van der Waals surface area contributed by atoms with Crippen LogP contribution >= 0.6 is 0 Å². The van der Waals surface area contributed by atoms with Crippen molar-refractivity contribution in [2.24, 2.45) is 5.92 Å². The highest BCUT2D eigenvalue weighted by Gasteiger charge is 2.24. The van der Waals surface area contributed by atoms with Gasteiger partial charge in [-0.05, 0) is 46.1 Å². The molecule has 6 heteroatoms. The Kier molecular flexibility index (Phi) is 6.82. The van der Waals surface area contributed by atoms with E-state index in [-0.39, 0.29) is 23.8 Å². The molecule has 1 fully saturated rings. The smallest absolute Gasteiger partial charge is 0.223 e. The van der Waals surface area contributed by atoms with E-state index in [0.29, 0.717) is 13.0 Å². The van der Waals surface area contributed by atoms with Crippen LogP contribution in [0.4, 0.5) is 0 Å². The summed E-state index contributed by atoms with van der Waals surface area (Å²) in [4.78, 5) is 24.0. The van der Waals surface area contributed by atoms with Crippen molar-refractivity contribution in [1.29, 1.82) is 0 Å². The molecule has 0 bridgehead atoms. The minimum Gasteiger partial charge on any atom is -0.356 e. The van der Waals surface area contributed by atoms with Gasteiger partial charge in [-0.15, -0.1) is 0 Å². The molecule has 2 amide bonds. The van der Waals surface area contributed by atoms with Gasteiger partial charge in [-0.2, -0.15) is 5.10 Å². The van der Waals surface area contributed by atoms with Gasteiger partial charge in [-0.25, -0.2) is 0 Å². The topological polar surface area (TPSA) is 76.0 Å². The molecule has 0 radical (unpaired) electrons. The van der Waals surface area contributed by atoms with Gasteiger partial charge in [0.05, 0.1) is 5.69 Å². The van der Waals surface area contributed by atoms with Gasteiger partial charge in [-0.3, -0.25) is 14.3 Å². The zero-order valence-electron chi connectivity index (χ0n) is 15.1. The van der Waals surface area contributed by atoms with Crippen LogP contribution in [0.5, 0.6) is 0 Å². The molecule has 1 aromatic heterocycles. The van der Waals surface area contributed by atoms with Crippen molar-refractivity contribution in [2.45, 2.75) is 71.9 Å². The van der Waals surface area contributed by atoms with Crippen LogP contribution in [0.25, 0.3) is 0 Å². The van der Waals surface area contributed by atoms with Crippen molar-refractivity contribution in [2.75, 3.05) is 6.54 Å². The Bertz CT molecular complexity index is 561. The normalized spacial score (nSPS) is 16.1. The van der Waals surface area contributed by atoms with Crippen LogP contribution in [-0.2, 0) is 16.1 Å². The Hall–Kier alpha value is -1.85. The van der Waals surface area contributed by atoms with Crippen molar-refractivity contribution in [3.05, 3.63) is 17.5 Å². The van der Waals surface area contributed by atoms with Crippen LogP contribution in [0.15, 0.2) is 6.07 Å². The highest BCUT2D eigenvalue weighted by atomic mass is 16.2. The maximum Gasteiger partial charge on any atom is 0.223 e. The van der Waals surface area contributed by atoms with Crippen LogP contribution < -0.4 is 10.6 Å². The Morgan fingerprint density at radius 3 is 2.67 bits per heavy atom. The summed E-state index contributed by atoms with van der Waals surface area (Å²) in [6.45, 7) is 7.33. The van der Waals surface area contributed by atoms with E-state index in [1.165, 1.54) is 0 Å². The summed E-state index contributed by atoms with van der Waals surface area (Å²) in [5.74, 6) is 0.246. The molecule has 0 spiro atoms. The number of hydrogen-bond donors (Lipinski definition) is 2. The number of nitrogens with zero attached hydrogens (tertiary/aromatic N) is 2. The van der Waals surface area contributed by atoms with Crippen molar-refractivity contribution in [3.8, 4) is 0 Å². The van der Waals surface area contributed by atoms with Gasteiger partial charge in [0.15, 0.2) is 0 Å². The number of aromatic nitrogens is 2. The van der Waals surface area contributed by atoms with Crippen LogP contribution in [0, 0.1) is 19.8 Å². The largest absolute Gasteiger partial charge is 0.356 e. The molecule has 2 rings (SSSR count). The van der Waals surface area contributed by atoms with Gasteiger partial charge in [0, 0.05) is 37.2 Å². The minimum atomic E-state index is -0.117. The summed E-state index contributed by atoms with van der Waals surface area (Å²) in [6.07, 6.45) is 5.42. The van der Waals surface area contributed by atoms with Crippen molar-refractivity contribution in [3.63, 3.8) is 0 Å². The molecule has 0 aromatic carbocycles. The molecule has 24 heavy (non-hydrogen) atoms. The summed E-state index contributed by atoms with van der Waals surface area (Å²) in [5, 5.41) is 10.3. The summed E-state index contributed by atoms with van der Waals surface area (Å²) in [7, 11) is 0. The highest BCUT2D eigenvalue weighted by molar-refractivity contribution is 5.81. The number of carbonyl (C=O) groups is 2. The van der Waals surface area contributed by atoms with E-state index in [1.807, 2.05) is 31.5 Å². The monoisotopic (exact) mass is 334 g/mol. The van der Waals surface area contributed by atoms with E-state index in [4.69, 9.17) is 0 Å². The van der Waals surface area contributed by atoms with E-state index >= 15 is 0 Å². The quantitative estimate of drug-likeness (QED) is 0.715. The SMILES string of the molecule is Cc1cc(C)n(CCCNC(=O)CC(C)NC(=O)C2CCCC2)n1. The Morgan fingerprint density at radius 1 is 1.33 bits per heavy atom. The molecule has 1 atom stereocenters. The van der Waals surface area contributed by atoms with Gasteiger partial charge >= 0.3 is 0 Å². The summed E-state index contributed by atoms with van der Waals surface area (Å²) >= 11 is 0. The summed E-state index contributed by atoms with van der Waals surface area (Å²) in [6, 6.07) is 1.93. The first-order valence-electron chi connectivity index (χ1n) is 9.04. The molecule has 1 heterocycles. The van der Waals surface area contributed by atoms with Crippen molar-refractivity contribution >= 4 is 11.8 Å². The average Bonchev–Trinajstić information content (AvgIpc) is 3.13. The van der Waals surface area contributed by atoms with E-state index < -0.39 is 0 Å². The van der Waals surface area contributed by atoms with Crippen molar-refractivity contribution < 1.29 is 9.59 Å². The predicted octanol–water partition coefficient (Wildman–Crippen LogP) is 2.09. The molecule has 0 aliphatic heterocycles. The van der Waals surface area contributed by atoms with Gasteiger partial charge in [0.25, 0.3) is 0 Å². The third-order valence-electron chi connectivity index (χ3n) is 4.58. The van der Waals surface area contributed by atoms with E-state index in [2.05, 4.69) is 15.7 Å². The molecule has 0 saturated heterocycles. The standard InChI is InChI=1S/C18H30N4O2/c1-13(20-18(24)16-7-4-5-8-16)12-17(23)19-9-6-10-22-15(3)11-14(2)21-22/h11,13,16H,4-10,12H2,1-3H3,(H,19,23)(H,20,24). The first kappa shape index (κ1) is 18.5. The van der Waals surface area contributed by atoms with Crippen LogP contribution in [0.2, 0.25) is 0 Å². The Labute approximate surface area is 144 Å². The zero-order chi connectivity index (χ0) is 17.5. The molecular weight excluding hydrogens is 304 g/mol. The fourth-order valence-corrected chi connectivity index (χ4v) is 3.31. The van der Waals surface area contributed by atoms with Crippen LogP contribution in [0.1, 0.15) is 56.8 Å². The Balaban J connectivity index is 1.60. The van der Waals surface area contributed by atoms with Crippen LogP contribution in [0.3, 0.4) is 0 Å². The molecule has 6 nitrogen and oxygen atoms in total. The lowest BCUT2D eigenvalue weighted by Gasteiger charge is -2.16. The lowest BCUT2D eigenvalue weighted by molar-refractivity contribution is -0.126. The molecule has 1 aliphatic rings. The third kappa shape index (κ3) is 5.65. The number of amides is 2. The fraction of sp³-hybridized carbons (Fsp3) is 0.722. The molecule has 2 N–H and O–H groups in total. The third-order valence-corrected chi connectivity index (χ3v) is 4.58. The fourth-order valence-electron chi connectivity index (χ4n) is 3.31. The average molecular weight is 334 g/mol. The number of hydrogen-bond acceptors (Lipinski definition) is 3. The number of nitrogens with one attached hydrogen (secondary N) is 2. The van der Waals surface area contributed by atoms with Gasteiger partial charge in [-0.1, -0.05) is 12.8 Å². The second kappa shape index (κ2) is 8.85. The summed E-state index contributed by atoms with van der Waals surface area (Å²) in [5.41, 5.74) is 2.16. The molecule has 1 unspecified atom stereocenters. The lowest BCUT2D eigenvalue weighted by Crippen LogP contribution is -2.40. The molecule has 134 valence electrons. The second-order valence-electron chi connectivity index (χ2n) is 6.95. The van der Waals surface area contributed by atoms with E-state index in [1.54, 1.807) is 0 Å². The molecular formula is C18H30N4O2. The maximum absolute atomic E-state index is 12.0. The predicted molar refractivity (Wildman–Crippen MR) is 93.5 cm³/mol. The number of rotatable bonds is 8. The van der Waals surface area contributed by atoms with E-state index in [9.17, 15) is 9.59 Å². The lowest BCUT2D eigenvalue weighted by atomic mass is 10.1. The van der Waals surface area contributed by atoms with Crippen LogP contribution in [-0.4, -0.2) is 34.2 Å². The van der Waals surface area contributed by atoms with Gasteiger partial charge in [0.2, 0.25) is 11.8 Å². The number of carbonyl (C=O) groups excluding carboxylic acids is 2. The molecule has 1 saturated carbocycles. The van der Waals surface area contributed by atoms with E-state index in [0.717, 1.165) is 50.0 Å². The number of aryl methyl sites for hydroxylation is 3. The first-order valence-corrected chi connectivity index (χ1v) is 9.04. The first-order chi connectivity index (χ1) is 11.5. The second-order valence-corrected chi connectivity index (χ2v) is 6.95. The Morgan fingerprint density at radius 2 is 2.04 bits per heavy atom. The highest BCUT2D eigenvalue weighted by Crippen LogP contribution is 2.24. The molecule has 1 aliphatic carbocycles. The summed E-state index contributed by atoms with van der Waals surface area (Å²) < 4.78 is 1.96. The van der Waals surface area contributed by atoms with Crippen molar-refractivity contribution in [1.82, 2.24) is 20.4 Å². The molecule has 1 aromatic rings. The maximum atomic E-state index is 12.0. The minimum absolute atomic E-state index is 0.0115. The van der Waals surface area contributed by atoms with Gasteiger partial charge in [0.1, 0.15) is 0 Å².